The van der Waals surface area contributed by atoms with Crippen molar-refractivity contribution in [3.8, 4) is 0 Å². The van der Waals surface area contributed by atoms with Gasteiger partial charge in [-0.1, -0.05) is 99.6 Å². The van der Waals surface area contributed by atoms with Crippen molar-refractivity contribution in [3.05, 3.63) is 91.0 Å². The van der Waals surface area contributed by atoms with E-state index < -0.39 is 8.32 Å². The van der Waals surface area contributed by atoms with Crippen molar-refractivity contribution in [2.24, 2.45) is 0 Å². The molecule has 0 amide bonds. The quantitative estimate of drug-likeness (QED) is 0.229. The second-order valence-corrected chi connectivity index (χ2v) is 16.6. The lowest BCUT2D eigenvalue weighted by Gasteiger charge is -2.43. The molecule has 1 heterocycles. The van der Waals surface area contributed by atoms with E-state index >= 15 is 0 Å². The van der Waals surface area contributed by atoms with E-state index in [1.807, 2.05) is 11.8 Å². The lowest BCUT2D eigenvalue weighted by Crippen LogP contribution is -2.66. The minimum absolute atomic E-state index is 0.00365. The van der Waals surface area contributed by atoms with Crippen LogP contribution in [0.5, 0.6) is 0 Å². The average molecular weight is 505 g/mol. The molecule has 0 aromatic heterocycles. The maximum absolute atomic E-state index is 7.13. The Morgan fingerprint density at radius 1 is 0.886 bits per heavy atom. The molecule has 186 valence electrons. The van der Waals surface area contributed by atoms with Crippen LogP contribution in [0.4, 0.5) is 0 Å². The highest BCUT2D eigenvalue weighted by Gasteiger charge is 2.50. The highest BCUT2D eigenvalue weighted by molar-refractivity contribution is 8.00. The first-order valence-corrected chi connectivity index (χ1v) is 15.7. The van der Waals surface area contributed by atoms with Gasteiger partial charge in [0, 0.05) is 16.8 Å². The van der Waals surface area contributed by atoms with Gasteiger partial charge in [-0.2, -0.15) is 0 Å². The Morgan fingerprint density at radius 2 is 1.40 bits per heavy atom. The molecular formula is C31H40O2SSi. The molecule has 2 nitrogen and oxygen atoms in total. The molecule has 0 saturated carbocycles. The molecule has 0 spiro atoms. The molecule has 1 aliphatic heterocycles. The zero-order chi connectivity index (χ0) is 24.9. The second-order valence-electron chi connectivity index (χ2n) is 11.0. The third kappa shape index (κ3) is 5.77. The molecule has 0 N–H and O–H groups in total. The van der Waals surface area contributed by atoms with Gasteiger partial charge in [0.05, 0.1) is 11.7 Å². The summed E-state index contributed by atoms with van der Waals surface area (Å²) >= 11 is 1.97. The summed E-state index contributed by atoms with van der Waals surface area (Å²) in [4.78, 5) is 1.32. The maximum Gasteiger partial charge on any atom is 0.261 e. The van der Waals surface area contributed by atoms with Gasteiger partial charge in [0.15, 0.2) is 0 Å². The fraction of sp³-hybridized carbons (Fsp3) is 0.419. The first-order chi connectivity index (χ1) is 16.7. The van der Waals surface area contributed by atoms with Crippen LogP contribution >= 0.6 is 11.8 Å². The monoisotopic (exact) mass is 504 g/mol. The van der Waals surface area contributed by atoms with Crippen molar-refractivity contribution in [2.45, 2.75) is 80.8 Å². The molecule has 4 rings (SSSR count). The van der Waals surface area contributed by atoms with Crippen molar-refractivity contribution in [2.75, 3.05) is 6.61 Å². The number of rotatable bonds is 9. The predicted octanol–water partition coefficient (Wildman–Crippen LogP) is 7.07. The molecule has 3 aromatic rings. The van der Waals surface area contributed by atoms with E-state index in [1.54, 1.807) is 0 Å². The SMILES string of the molecule is C[C@@H]1C[C@H](Sc2ccccc2)[C@@](C)(CCCO[Si](c2ccccc2)(c2ccccc2)C(C)(C)C)O1. The molecule has 1 fully saturated rings. The van der Waals surface area contributed by atoms with Crippen LogP contribution in [0, 0.1) is 0 Å². The lowest BCUT2D eigenvalue weighted by molar-refractivity contribution is -0.0269. The fourth-order valence-corrected chi connectivity index (χ4v) is 11.6. The zero-order valence-electron chi connectivity index (χ0n) is 21.9. The normalized spacial score (nSPS) is 22.9. The first kappa shape index (κ1) is 26.2. The van der Waals surface area contributed by atoms with Crippen molar-refractivity contribution in [1.29, 1.82) is 0 Å². The molecular weight excluding hydrogens is 464 g/mol. The van der Waals surface area contributed by atoms with E-state index in [-0.39, 0.29) is 10.6 Å². The number of hydrogen-bond donors (Lipinski definition) is 0. The van der Waals surface area contributed by atoms with Crippen molar-refractivity contribution in [1.82, 2.24) is 0 Å². The molecule has 35 heavy (non-hydrogen) atoms. The van der Waals surface area contributed by atoms with Crippen LogP contribution in [0.2, 0.25) is 5.04 Å². The van der Waals surface area contributed by atoms with Gasteiger partial charge in [-0.05, 0) is 60.7 Å². The van der Waals surface area contributed by atoms with Gasteiger partial charge in [0.25, 0.3) is 8.32 Å². The summed E-state index contributed by atoms with van der Waals surface area (Å²) in [5.41, 5.74) is -0.144. The summed E-state index contributed by atoms with van der Waals surface area (Å²) < 4.78 is 13.7. The predicted molar refractivity (Wildman–Crippen MR) is 152 cm³/mol. The van der Waals surface area contributed by atoms with Gasteiger partial charge in [-0.15, -0.1) is 11.8 Å². The van der Waals surface area contributed by atoms with Crippen LogP contribution in [-0.2, 0) is 9.16 Å². The van der Waals surface area contributed by atoms with Crippen LogP contribution in [0.3, 0.4) is 0 Å². The van der Waals surface area contributed by atoms with Crippen molar-refractivity contribution in [3.63, 3.8) is 0 Å². The van der Waals surface area contributed by atoms with Crippen LogP contribution in [-0.4, -0.2) is 31.9 Å². The average Bonchev–Trinajstić information content (AvgIpc) is 3.13. The summed E-state index contributed by atoms with van der Waals surface area (Å²) in [6.45, 7) is 12.3. The zero-order valence-corrected chi connectivity index (χ0v) is 23.7. The number of hydrogen-bond acceptors (Lipinski definition) is 3. The molecule has 3 aromatic carbocycles. The molecule has 4 heteroatoms. The van der Waals surface area contributed by atoms with Crippen LogP contribution in [0.1, 0.15) is 53.9 Å². The molecule has 0 radical (unpaired) electrons. The minimum atomic E-state index is -2.49. The smallest absolute Gasteiger partial charge is 0.261 e. The van der Waals surface area contributed by atoms with E-state index in [4.69, 9.17) is 9.16 Å². The van der Waals surface area contributed by atoms with Gasteiger partial charge >= 0.3 is 0 Å². The summed E-state index contributed by atoms with van der Waals surface area (Å²) in [6.07, 6.45) is 3.37. The highest BCUT2D eigenvalue weighted by Crippen LogP contribution is 2.44. The highest BCUT2D eigenvalue weighted by atomic mass is 32.2. The Bertz CT molecular complexity index is 1010. The molecule has 0 aliphatic carbocycles. The van der Waals surface area contributed by atoms with Gasteiger partial charge in [0.1, 0.15) is 0 Å². The summed E-state index contributed by atoms with van der Waals surface area (Å²) in [5, 5.41) is 3.14. The van der Waals surface area contributed by atoms with Gasteiger partial charge in [0.2, 0.25) is 0 Å². The van der Waals surface area contributed by atoms with E-state index in [9.17, 15) is 0 Å². The first-order valence-electron chi connectivity index (χ1n) is 12.9. The summed E-state index contributed by atoms with van der Waals surface area (Å²) in [7, 11) is -2.49. The third-order valence-electron chi connectivity index (χ3n) is 7.27. The Labute approximate surface area is 217 Å². The van der Waals surface area contributed by atoms with Crippen molar-refractivity contribution >= 4 is 30.5 Å². The Balaban J connectivity index is 1.52. The van der Waals surface area contributed by atoms with E-state index in [0.29, 0.717) is 11.4 Å². The van der Waals surface area contributed by atoms with Crippen LogP contribution in [0.25, 0.3) is 0 Å². The molecule has 3 atom stereocenters. The third-order valence-corrected chi connectivity index (χ3v) is 13.8. The number of ether oxygens (including phenoxy) is 1. The molecule has 0 unspecified atom stereocenters. The van der Waals surface area contributed by atoms with Crippen molar-refractivity contribution < 1.29 is 9.16 Å². The van der Waals surface area contributed by atoms with E-state index in [1.165, 1.54) is 15.3 Å². The van der Waals surface area contributed by atoms with E-state index in [0.717, 1.165) is 25.9 Å². The number of benzene rings is 3. The Kier molecular flexibility index (Phi) is 8.27. The maximum atomic E-state index is 7.13. The Hall–Kier alpha value is -1.85. The molecule has 0 bridgehead atoms. The standard InChI is InChI=1S/C31H40O2SSi/c1-25-24-29(34-26-16-9-6-10-17-26)31(5,33-25)22-15-23-32-35(30(2,3)4,27-18-11-7-12-19-27)28-20-13-8-14-21-28/h6-14,16-21,25,29H,15,22-24H2,1-5H3/t25-,29+,31-/m1/s1. The fourth-order valence-electron chi connectivity index (χ4n) is 5.60. The van der Waals surface area contributed by atoms with E-state index in [2.05, 4.69) is 126 Å². The largest absolute Gasteiger partial charge is 0.407 e. The topological polar surface area (TPSA) is 18.5 Å². The number of thioether (sulfide) groups is 1. The van der Waals surface area contributed by atoms with Gasteiger partial charge in [-0.25, -0.2) is 0 Å². The van der Waals surface area contributed by atoms with Gasteiger partial charge < -0.3 is 9.16 Å². The van der Waals surface area contributed by atoms with Crippen LogP contribution in [0.15, 0.2) is 95.9 Å². The van der Waals surface area contributed by atoms with Gasteiger partial charge in [-0.3, -0.25) is 0 Å². The molecule has 1 saturated heterocycles. The second kappa shape index (κ2) is 11.0. The Morgan fingerprint density at radius 3 is 1.91 bits per heavy atom. The minimum Gasteiger partial charge on any atom is -0.407 e. The van der Waals surface area contributed by atoms with Crippen LogP contribution < -0.4 is 10.4 Å². The molecule has 1 aliphatic rings. The summed E-state index contributed by atoms with van der Waals surface area (Å²) in [5.74, 6) is 0. The summed E-state index contributed by atoms with van der Waals surface area (Å²) in [6, 6.07) is 32.6. The lowest BCUT2D eigenvalue weighted by atomic mass is 9.96.